The quantitative estimate of drug-likeness (QED) is 0.563. The van der Waals surface area contributed by atoms with Crippen molar-refractivity contribution in [2.45, 2.75) is 44.0 Å². The average Bonchev–Trinajstić information content (AvgIpc) is 3.33. The topological polar surface area (TPSA) is 118 Å². The van der Waals surface area contributed by atoms with Crippen molar-refractivity contribution in [2.75, 3.05) is 13.1 Å². The molecule has 0 bridgehead atoms. The Balaban J connectivity index is 1.54. The number of benzene rings is 1. The van der Waals surface area contributed by atoms with Gasteiger partial charge in [0.15, 0.2) is 0 Å². The van der Waals surface area contributed by atoms with Crippen molar-refractivity contribution in [3.63, 3.8) is 0 Å². The molecule has 1 N–H and O–H groups in total. The lowest BCUT2D eigenvalue weighted by Crippen LogP contribution is -2.36. The number of sulfonamides is 1. The second-order valence-corrected chi connectivity index (χ2v) is 10.3. The maximum absolute atomic E-state index is 13.0. The molecule has 0 radical (unpaired) electrons. The predicted octanol–water partition coefficient (Wildman–Crippen LogP) is 3.43. The smallest absolute Gasteiger partial charge is 0.251 e. The van der Waals surface area contributed by atoms with E-state index in [1.54, 1.807) is 30.6 Å². The summed E-state index contributed by atoms with van der Waals surface area (Å²) in [5.74, 6) is 0.198. The van der Waals surface area contributed by atoms with Gasteiger partial charge >= 0.3 is 0 Å². The van der Waals surface area contributed by atoms with Gasteiger partial charge in [-0.3, -0.25) is 9.78 Å². The van der Waals surface area contributed by atoms with E-state index in [-0.39, 0.29) is 22.3 Å². The van der Waals surface area contributed by atoms with Gasteiger partial charge in [0.2, 0.25) is 21.7 Å². The van der Waals surface area contributed by atoms with Crippen molar-refractivity contribution in [1.82, 2.24) is 24.7 Å². The number of hydrogen-bond donors (Lipinski definition) is 1. The van der Waals surface area contributed by atoms with Crippen molar-refractivity contribution in [2.24, 2.45) is 5.92 Å². The number of pyridine rings is 1. The first kappa shape index (κ1) is 23.1. The fourth-order valence-corrected chi connectivity index (χ4v) is 5.33. The molecule has 1 amide bonds. The van der Waals surface area contributed by atoms with E-state index in [9.17, 15) is 13.2 Å². The number of nitrogens with zero attached hydrogens (tertiary/aromatic N) is 4. The number of rotatable bonds is 7. The molecule has 0 saturated carbocycles. The zero-order chi connectivity index (χ0) is 23.4. The number of hydrogen-bond acceptors (Lipinski definition) is 7. The molecule has 3 heterocycles. The molecule has 1 aromatic carbocycles. The van der Waals surface area contributed by atoms with Gasteiger partial charge in [-0.15, -0.1) is 0 Å². The number of aromatic nitrogens is 3. The highest BCUT2D eigenvalue weighted by molar-refractivity contribution is 7.89. The molecular formula is C23H27N5O4S. The molecule has 1 saturated heterocycles. The van der Waals surface area contributed by atoms with Crippen LogP contribution in [0.15, 0.2) is 58.2 Å². The first-order valence-corrected chi connectivity index (χ1v) is 12.5. The summed E-state index contributed by atoms with van der Waals surface area (Å²) in [6, 6.07) is 9.18. The fourth-order valence-electron chi connectivity index (χ4n) is 3.76. The molecule has 1 fully saturated rings. The SMILES string of the molecule is CC(C)C(NC(=O)c1cccc(S(=O)(=O)N2CCCCC2)c1)c1nc(-c2cccnc2)no1. The van der Waals surface area contributed by atoms with Gasteiger partial charge < -0.3 is 9.84 Å². The third-order valence-corrected chi connectivity index (χ3v) is 7.52. The summed E-state index contributed by atoms with van der Waals surface area (Å²) in [7, 11) is -3.64. The van der Waals surface area contributed by atoms with Crippen LogP contribution in [0.2, 0.25) is 0 Å². The average molecular weight is 470 g/mol. The van der Waals surface area contributed by atoms with Gasteiger partial charge in [0.25, 0.3) is 5.91 Å². The molecule has 1 unspecified atom stereocenters. The summed E-state index contributed by atoms with van der Waals surface area (Å²) in [5, 5.41) is 6.92. The van der Waals surface area contributed by atoms with Gasteiger partial charge in [0.05, 0.1) is 4.90 Å². The molecule has 0 aliphatic carbocycles. The lowest BCUT2D eigenvalue weighted by Gasteiger charge is -2.26. The highest BCUT2D eigenvalue weighted by atomic mass is 32.2. The third-order valence-electron chi connectivity index (χ3n) is 5.63. The Morgan fingerprint density at radius 3 is 2.61 bits per heavy atom. The second-order valence-electron chi connectivity index (χ2n) is 8.39. The maximum atomic E-state index is 13.0. The highest BCUT2D eigenvalue weighted by Crippen LogP contribution is 2.25. The first-order chi connectivity index (χ1) is 15.9. The summed E-state index contributed by atoms with van der Waals surface area (Å²) in [5.41, 5.74) is 0.961. The molecular weight excluding hydrogens is 442 g/mol. The van der Waals surface area contributed by atoms with Crippen molar-refractivity contribution in [3.05, 3.63) is 60.2 Å². The fraction of sp³-hybridized carbons (Fsp3) is 0.391. The minimum atomic E-state index is -3.64. The van der Waals surface area contributed by atoms with Gasteiger partial charge in [-0.1, -0.05) is 31.5 Å². The van der Waals surface area contributed by atoms with Crippen LogP contribution in [-0.4, -0.2) is 46.8 Å². The maximum Gasteiger partial charge on any atom is 0.251 e. The van der Waals surface area contributed by atoms with Crippen LogP contribution in [-0.2, 0) is 10.0 Å². The van der Waals surface area contributed by atoms with Crippen LogP contribution in [0.5, 0.6) is 0 Å². The molecule has 1 aliphatic rings. The Labute approximate surface area is 193 Å². The van der Waals surface area contributed by atoms with Gasteiger partial charge in [0.1, 0.15) is 6.04 Å². The Morgan fingerprint density at radius 2 is 1.91 bits per heavy atom. The normalized spacial score (nSPS) is 16.0. The molecule has 0 spiro atoms. The van der Waals surface area contributed by atoms with E-state index in [1.165, 1.54) is 16.4 Å². The molecule has 33 heavy (non-hydrogen) atoms. The van der Waals surface area contributed by atoms with E-state index < -0.39 is 22.0 Å². The summed E-state index contributed by atoms with van der Waals surface area (Å²) in [4.78, 5) is 21.7. The van der Waals surface area contributed by atoms with Crippen LogP contribution in [0.3, 0.4) is 0 Å². The number of carbonyl (C=O) groups excluding carboxylic acids is 1. The van der Waals surface area contributed by atoms with Gasteiger partial charge in [-0.25, -0.2) is 8.42 Å². The third kappa shape index (κ3) is 5.12. The number of carbonyl (C=O) groups is 1. The van der Waals surface area contributed by atoms with Crippen LogP contribution in [0.25, 0.3) is 11.4 Å². The van der Waals surface area contributed by atoms with E-state index in [2.05, 4.69) is 20.4 Å². The summed E-state index contributed by atoms with van der Waals surface area (Å²) < 4.78 is 32.9. The molecule has 10 heteroatoms. The Kier molecular flexibility index (Phi) is 6.85. The molecule has 1 atom stereocenters. The predicted molar refractivity (Wildman–Crippen MR) is 122 cm³/mol. The highest BCUT2D eigenvalue weighted by Gasteiger charge is 2.28. The molecule has 9 nitrogen and oxygen atoms in total. The van der Waals surface area contributed by atoms with Crippen LogP contribution in [0, 0.1) is 5.92 Å². The summed E-state index contributed by atoms with van der Waals surface area (Å²) in [6.45, 7) is 4.86. The van der Waals surface area contributed by atoms with Crippen molar-refractivity contribution in [3.8, 4) is 11.4 Å². The number of piperidine rings is 1. The zero-order valence-corrected chi connectivity index (χ0v) is 19.5. The van der Waals surface area contributed by atoms with E-state index in [0.29, 0.717) is 24.5 Å². The van der Waals surface area contributed by atoms with Crippen molar-refractivity contribution >= 4 is 15.9 Å². The van der Waals surface area contributed by atoms with E-state index in [1.807, 2.05) is 19.9 Å². The first-order valence-electron chi connectivity index (χ1n) is 11.0. The van der Waals surface area contributed by atoms with Gasteiger partial charge in [-0.2, -0.15) is 9.29 Å². The van der Waals surface area contributed by atoms with E-state index in [0.717, 1.165) is 19.3 Å². The molecule has 4 rings (SSSR count). The zero-order valence-electron chi connectivity index (χ0n) is 18.6. The summed E-state index contributed by atoms with van der Waals surface area (Å²) in [6.07, 6.45) is 6.01. The lowest BCUT2D eigenvalue weighted by molar-refractivity contribution is 0.0913. The van der Waals surface area contributed by atoms with E-state index >= 15 is 0 Å². The van der Waals surface area contributed by atoms with Crippen LogP contribution in [0.1, 0.15) is 55.4 Å². The summed E-state index contributed by atoms with van der Waals surface area (Å²) >= 11 is 0. The Bertz CT molecular complexity index is 1200. The monoisotopic (exact) mass is 469 g/mol. The van der Waals surface area contributed by atoms with Crippen LogP contribution < -0.4 is 5.32 Å². The number of amides is 1. The molecule has 174 valence electrons. The minimum Gasteiger partial charge on any atom is -0.340 e. The minimum absolute atomic E-state index is 0.0450. The Morgan fingerprint density at radius 1 is 1.12 bits per heavy atom. The van der Waals surface area contributed by atoms with Crippen molar-refractivity contribution < 1.29 is 17.7 Å². The molecule has 3 aromatic rings. The van der Waals surface area contributed by atoms with E-state index in [4.69, 9.17) is 4.52 Å². The molecule has 1 aliphatic heterocycles. The van der Waals surface area contributed by atoms with Crippen molar-refractivity contribution in [1.29, 1.82) is 0 Å². The second kappa shape index (κ2) is 9.80. The number of nitrogens with one attached hydrogen (secondary N) is 1. The molecule has 2 aromatic heterocycles. The lowest BCUT2D eigenvalue weighted by atomic mass is 10.0. The van der Waals surface area contributed by atoms with Crippen LogP contribution in [0.4, 0.5) is 0 Å². The van der Waals surface area contributed by atoms with Crippen LogP contribution >= 0.6 is 0 Å². The van der Waals surface area contributed by atoms with Gasteiger partial charge in [-0.05, 0) is 49.1 Å². The van der Waals surface area contributed by atoms with Gasteiger partial charge in [0, 0.05) is 36.6 Å². The standard InChI is InChI=1S/C23H27N5O4S/c1-16(2)20(23-26-21(27-32-23)18-9-7-11-24-15-18)25-22(29)17-8-6-10-19(14-17)33(30,31)28-12-4-3-5-13-28/h6-11,14-16,20H,3-5,12-13H2,1-2H3,(H,25,29). The Hall–Kier alpha value is -3.11. The largest absolute Gasteiger partial charge is 0.340 e.